The molecule has 0 atom stereocenters. The summed E-state index contributed by atoms with van der Waals surface area (Å²) in [5.74, 6) is 0.469. The van der Waals surface area contributed by atoms with E-state index in [2.05, 4.69) is 26.2 Å². The minimum absolute atomic E-state index is 0.0138. The normalized spacial score (nSPS) is 15.1. The smallest absolute Gasteiger partial charge is 0.253 e. The van der Waals surface area contributed by atoms with E-state index in [1.807, 2.05) is 41.3 Å². The zero-order chi connectivity index (χ0) is 16.9. The number of hydrogen-bond acceptors (Lipinski definition) is 3. The predicted octanol–water partition coefficient (Wildman–Crippen LogP) is 3.34. The summed E-state index contributed by atoms with van der Waals surface area (Å²) >= 11 is 3.39. The number of halogens is 1. The number of amides is 2. The number of piperidine rings is 1. The number of rotatable bonds is 3. The SMILES string of the molecule is O=C(Nc1ccccn1)C1CCN(C(=O)c2cccc(Br)c2)CC1. The molecule has 2 amide bonds. The van der Waals surface area contributed by atoms with Crippen molar-refractivity contribution in [3.05, 3.63) is 58.7 Å². The third-order valence-corrected chi connectivity index (χ3v) is 4.63. The fourth-order valence-electron chi connectivity index (χ4n) is 2.81. The number of anilines is 1. The lowest BCUT2D eigenvalue weighted by Gasteiger charge is -2.31. The van der Waals surface area contributed by atoms with E-state index in [1.54, 1.807) is 12.3 Å². The van der Waals surface area contributed by atoms with Gasteiger partial charge in [-0.25, -0.2) is 4.98 Å². The van der Waals surface area contributed by atoms with Crippen LogP contribution in [0.1, 0.15) is 23.2 Å². The van der Waals surface area contributed by atoms with Gasteiger partial charge < -0.3 is 10.2 Å². The Labute approximate surface area is 149 Å². The fourth-order valence-corrected chi connectivity index (χ4v) is 3.21. The number of nitrogens with one attached hydrogen (secondary N) is 1. The van der Waals surface area contributed by atoms with Crippen molar-refractivity contribution in [2.24, 2.45) is 5.92 Å². The molecule has 0 saturated carbocycles. The molecule has 5 nitrogen and oxygen atoms in total. The molecule has 2 heterocycles. The summed E-state index contributed by atoms with van der Waals surface area (Å²) in [7, 11) is 0. The molecule has 24 heavy (non-hydrogen) atoms. The van der Waals surface area contributed by atoms with Crippen LogP contribution >= 0.6 is 15.9 Å². The second-order valence-electron chi connectivity index (χ2n) is 5.78. The van der Waals surface area contributed by atoms with Crippen molar-refractivity contribution in [3.63, 3.8) is 0 Å². The zero-order valence-corrected chi connectivity index (χ0v) is 14.7. The van der Waals surface area contributed by atoms with E-state index in [9.17, 15) is 9.59 Å². The molecule has 1 N–H and O–H groups in total. The number of pyridine rings is 1. The maximum Gasteiger partial charge on any atom is 0.253 e. The van der Waals surface area contributed by atoms with E-state index in [-0.39, 0.29) is 17.7 Å². The average Bonchev–Trinajstić information content (AvgIpc) is 2.62. The molecule has 0 bridgehead atoms. The summed E-state index contributed by atoms with van der Waals surface area (Å²) < 4.78 is 0.887. The van der Waals surface area contributed by atoms with Crippen LogP contribution in [0.2, 0.25) is 0 Å². The second-order valence-corrected chi connectivity index (χ2v) is 6.70. The van der Waals surface area contributed by atoms with Crippen molar-refractivity contribution in [1.82, 2.24) is 9.88 Å². The first-order valence-electron chi connectivity index (χ1n) is 7.90. The van der Waals surface area contributed by atoms with Crippen LogP contribution in [0.25, 0.3) is 0 Å². The maximum absolute atomic E-state index is 12.5. The Morgan fingerprint density at radius 3 is 2.58 bits per heavy atom. The molecule has 1 aliphatic rings. The van der Waals surface area contributed by atoms with Crippen LogP contribution < -0.4 is 5.32 Å². The van der Waals surface area contributed by atoms with Gasteiger partial charge in [0, 0.05) is 35.2 Å². The molecular formula is C18H18BrN3O2. The number of hydrogen-bond donors (Lipinski definition) is 1. The van der Waals surface area contributed by atoms with Gasteiger partial charge in [0.25, 0.3) is 5.91 Å². The first-order valence-corrected chi connectivity index (χ1v) is 8.69. The summed E-state index contributed by atoms with van der Waals surface area (Å²) in [6.07, 6.45) is 2.98. The van der Waals surface area contributed by atoms with Gasteiger partial charge in [0.15, 0.2) is 0 Å². The van der Waals surface area contributed by atoms with Crippen molar-refractivity contribution < 1.29 is 9.59 Å². The van der Waals surface area contributed by atoms with Crippen LogP contribution in [0.15, 0.2) is 53.1 Å². The number of aromatic nitrogens is 1. The largest absolute Gasteiger partial charge is 0.339 e. The van der Waals surface area contributed by atoms with E-state index >= 15 is 0 Å². The highest BCUT2D eigenvalue weighted by atomic mass is 79.9. The molecule has 1 aromatic heterocycles. The van der Waals surface area contributed by atoms with Gasteiger partial charge in [0.05, 0.1) is 0 Å². The van der Waals surface area contributed by atoms with Crippen molar-refractivity contribution in [1.29, 1.82) is 0 Å². The third kappa shape index (κ3) is 4.00. The lowest BCUT2D eigenvalue weighted by atomic mass is 9.95. The molecule has 0 spiro atoms. The lowest BCUT2D eigenvalue weighted by molar-refractivity contribution is -0.121. The summed E-state index contributed by atoms with van der Waals surface area (Å²) in [5.41, 5.74) is 0.667. The van der Waals surface area contributed by atoms with Gasteiger partial charge in [-0.2, -0.15) is 0 Å². The number of nitrogens with zero attached hydrogens (tertiary/aromatic N) is 2. The van der Waals surface area contributed by atoms with Crippen LogP contribution in [0.5, 0.6) is 0 Å². The molecule has 3 rings (SSSR count). The number of carbonyl (C=O) groups excluding carboxylic acids is 2. The second kappa shape index (κ2) is 7.57. The Morgan fingerprint density at radius 2 is 1.92 bits per heavy atom. The topological polar surface area (TPSA) is 62.3 Å². The van der Waals surface area contributed by atoms with E-state index in [0.717, 1.165) is 4.47 Å². The van der Waals surface area contributed by atoms with Crippen molar-refractivity contribution in [2.75, 3.05) is 18.4 Å². The minimum atomic E-state index is -0.0847. The van der Waals surface area contributed by atoms with Crippen LogP contribution in [0, 0.1) is 5.92 Å². The summed E-state index contributed by atoms with van der Waals surface area (Å²) in [6, 6.07) is 12.8. The Balaban J connectivity index is 1.55. The number of likely N-dealkylation sites (tertiary alicyclic amines) is 1. The minimum Gasteiger partial charge on any atom is -0.339 e. The van der Waals surface area contributed by atoms with E-state index in [4.69, 9.17) is 0 Å². The van der Waals surface area contributed by atoms with Gasteiger partial charge in [-0.1, -0.05) is 28.1 Å². The van der Waals surface area contributed by atoms with Gasteiger partial charge >= 0.3 is 0 Å². The van der Waals surface area contributed by atoms with Crippen molar-refractivity contribution in [2.45, 2.75) is 12.8 Å². The lowest BCUT2D eigenvalue weighted by Crippen LogP contribution is -2.41. The van der Waals surface area contributed by atoms with Crippen LogP contribution in [0.3, 0.4) is 0 Å². The van der Waals surface area contributed by atoms with Gasteiger partial charge in [0.1, 0.15) is 5.82 Å². The van der Waals surface area contributed by atoms with Gasteiger partial charge in [-0.05, 0) is 43.2 Å². The molecule has 0 radical (unpaired) electrons. The predicted molar refractivity (Wildman–Crippen MR) is 95.6 cm³/mol. The van der Waals surface area contributed by atoms with E-state index in [1.165, 1.54) is 0 Å². The molecule has 1 fully saturated rings. The first kappa shape index (κ1) is 16.6. The monoisotopic (exact) mass is 387 g/mol. The third-order valence-electron chi connectivity index (χ3n) is 4.14. The van der Waals surface area contributed by atoms with Gasteiger partial charge in [-0.15, -0.1) is 0 Å². The van der Waals surface area contributed by atoms with Crippen molar-refractivity contribution >= 4 is 33.6 Å². The summed E-state index contributed by atoms with van der Waals surface area (Å²) in [6.45, 7) is 1.18. The first-order chi connectivity index (χ1) is 11.6. The number of carbonyl (C=O) groups is 2. The quantitative estimate of drug-likeness (QED) is 0.878. The molecule has 6 heteroatoms. The highest BCUT2D eigenvalue weighted by Crippen LogP contribution is 2.21. The molecule has 1 aromatic carbocycles. The Kier molecular flexibility index (Phi) is 5.25. The van der Waals surface area contributed by atoms with Crippen LogP contribution in [-0.4, -0.2) is 34.8 Å². The molecular weight excluding hydrogens is 370 g/mol. The van der Waals surface area contributed by atoms with Crippen molar-refractivity contribution in [3.8, 4) is 0 Å². The Morgan fingerprint density at radius 1 is 1.12 bits per heavy atom. The Bertz CT molecular complexity index is 728. The van der Waals surface area contributed by atoms with Gasteiger partial charge in [-0.3, -0.25) is 9.59 Å². The standard InChI is InChI=1S/C18H18BrN3O2/c19-15-5-3-4-14(12-15)18(24)22-10-7-13(8-11-22)17(23)21-16-6-1-2-9-20-16/h1-6,9,12-13H,7-8,10-11H2,(H,20,21,23). The van der Waals surface area contributed by atoms with Gasteiger partial charge in [0.2, 0.25) is 5.91 Å². The maximum atomic E-state index is 12.5. The molecule has 2 aromatic rings. The van der Waals surface area contributed by atoms with E-state index in [0.29, 0.717) is 37.3 Å². The van der Waals surface area contributed by atoms with Crippen LogP contribution in [0.4, 0.5) is 5.82 Å². The summed E-state index contributed by atoms with van der Waals surface area (Å²) in [4.78, 5) is 30.7. The van der Waals surface area contributed by atoms with E-state index < -0.39 is 0 Å². The fraction of sp³-hybridized carbons (Fsp3) is 0.278. The summed E-state index contributed by atoms with van der Waals surface area (Å²) in [5, 5.41) is 2.84. The average molecular weight is 388 g/mol. The molecule has 1 aliphatic heterocycles. The molecule has 0 unspecified atom stereocenters. The number of benzene rings is 1. The van der Waals surface area contributed by atoms with Crippen LogP contribution in [-0.2, 0) is 4.79 Å². The molecule has 1 saturated heterocycles. The highest BCUT2D eigenvalue weighted by Gasteiger charge is 2.28. The molecule has 124 valence electrons. The molecule has 0 aliphatic carbocycles. The highest BCUT2D eigenvalue weighted by molar-refractivity contribution is 9.10. The zero-order valence-electron chi connectivity index (χ0n) is 13.1. The Hall–Kier alpha value is -2.21.